The molecule has 2 N–H and O–H groups in total. The fraction of sp³-hybridized carbons (Fsp3) is 0.438. The highest BCUT2D eigenvalue weighted by Gasteiger charge is 2.45. The average Bonchev–Trinajstić information content (AvgIpc) is 3.72. The number of phenolic OH excluding ortho intramolecular Hbond substituents is 1. The maximum Gasteiger partial charge on any atom is 0.319 e. The van der Waals surface area contributed by atoms with Crippen molar-refractivity contribution in [2.24, 2.45) is 0 Å². The molecule has 0 unspecified atom stereocenters. The molecule has 0 spiro atoms. The van der Waals surface area contributed by atoms with Gasteiger partial charge in [0.2, 0.25) is 0 Å². The summed E-state index contributed by atoms with van der Waals surface area (Å²) >= 11 is 0. The van der Waals surface area contributed by atoms with Crippen molar-refractivity contribution in [2.75, 3.05) is 37.6 Å². The summed E-state index contributed by atoms with van der Waals surface area (Å²) in [6.07, 6.45) is 12.3. The maximum absolute atomic E-state index is 14.8. The van der Waals surface area contributed by atoms with Crippen molar-refractivity contribution in [3.63, 3.8) is 0 Å². The number of hydrogen-bond acceptors (Lipinski definition) is 9. The number of ether oxygens (including phenoxy) is 1. The van der Waals surface area contributed by atoms with Gasteiger partial charge in [-0.3, -0.25) is 9.69 Å². The van der Waals surface area contributed by atoms with Gasteiger partial charge in [-0.1, -0.05) is 12.0 Å². The van der Waals surface area contributed by atoms with Crippen LogP contribution in [0.2, 0.25) is 0 Å². The number of nitrogens with one attached hydrogen (secondary N) is 1. The van der Waals surface area contributed by atoms with E-state index in [9.17, 15) is 14.3 Å². The summed E-state index contributed by atoms with van der Waals surface area (Å²) in [5, 5.41) is 19.6. The number of aromatic hydroxyl groups is 1. The summed E-state index contributed by atoms with van der Waals surface area (Å²) in [6.45, 7) is 0.811. The quantitative estimate of drug-likeness (QED) is 0.343. The number of hydrogen-bond donors (Lipinski definition) is 2. The van der Waals surface area contributed by atoms with Crippen LogP contribution in [0.15, 0.2) is 35.3 Å². The molecule has 0 aliphatic carbocycles. The molecular formula is C32H32FN7O3. The Kier molecular flexibility index (Phi) is 5.57. The Labute approximate surface area is 250 Å². The van der Waals surface area contributed by atoms with E-state index in [0.717, 1.165) is 43.5 Å². The fourth-order valence-electron chi connectivity index (χ4n) is 7.54. The van der Waals surface area contributed by atoms with Gasteiger partial charge in [0.1, 0.15) is 29.5 Å². The van der Waals surface area contributed by atoms with E-state index in [1.165, 1.54) is 30.5 Å². The van der Waals surface area contributed by atoms with Gasteiger partial charge in [0, 0.05) is 36.6 Å². The van der Waals surface area contributed by atoms with Crippen LogP contribution in [0.4, 0.5) is 10.2 Å². The van der Waals surface area contributed by atoms with E-state index in [-0.39, 0.29) is 46.0 Å². The minimum Gasteiger partial charge on any atom is -0.508 e. The van der Waals surface area contributed by atoms with Crippen molar-refractivity contribution in [1.82, 2.24) is 30.0 Å². The molecule has 6 heterocycles. The number of fused-ring (bicyclic) bond motifs is 5. The molecular weight excluding hydrogens is 549 g/mol. The summed E-state index contributed by atoms with van der Waals surface area (Å²) in [4.78, 5) is 27.8. The van der Waals surface area contributed by atoms with Crippen LogP contribution in [-0.2, 0) is 0 Å². The second-order valence-electron chi connectivity index (χ2n) is 12.1. The summed E-state index contributed by atoms with van der Waals surface area (Å²) in [6, 6.07) is 5.73. The molecule has 0 saturated carbocycles. The number of terminal acetylenes is 1. The van der Waals surface area contributed by atoms with Crippen LogP contribution in [0.1, 0.15) is 46.8 Å². The Morgan fingerprint density at radius 2 is 1.95 bits per heavy atom. The van der Waals surface area contributed by atoms with E-state index < -0.39 is 23.5 Å². The van der Waals surface area contributed by atoms with Crippen LogP contribution in [0.25, 0.3) is 27.4 Å². The third-order valence-electron chi connectivity index (χ3n) is 9.50. The lowest BCUT2D eigenvalue weighted by Gasteiger charge is -2.34. The highest BCUT2D eigenvalue weighted by Crippen LogP contribution is 2.39. The number of aromatic nitrogens is 4. The lowest BCUT2D eigenvalue weighted by atomic mass is 9.95. The van der Waals surface area contributed by atoms with Crippen molar-refractivity contribution >= 4 is 27.5 Å². The fourth-order valence-corrected chi connectivity index (χ4v) is 7.54. The van der Waals surface area contributed by atoms with Crippen LogP contribution in [-0.4, -0.2) is 80.1 Å². The largest absolute Gasteiger partial charge is 0.508 e. The van der Waals surface area contributed by atoms with Crippen LogP contribution < -0.4 is 20.5 Å². The molecule has 8 rings (SSSR count). The van der Waals surface area contributed by atoms with Crippen molar-refractivity contribution in [3.8, 4) is 29.8 Å². The number of benzene rings is 2. The molecule has 43 heavy (non-hydrogen) atoms. The third kappa shape index (κ3) is 4.23. The van der Waals surface area contributed by atoms with E-state index >= 15 is 0 Å². The molecule has 4 saturated heterocycles. The standard InChI is InChI=1S/C32H32FN7O3/c1-2-23-25(33)8-5-19-13-22(41)14-26(27(19)23)40-30(42)28-24(15-34-40)29(38-16-20-6-7-21(17-38)35-20)37-31(36-28)43-18-32-9-3-11-39(32)12-4-10-32/h1,5,8,13-15,20-21,35,41H,3-4,6-7,9-12,16-18H2/t20-,21+/i18D2. The predicted octanol–water partition coefficient (Wildman–Crippen LogP) is 3.10. The van der Waals surface area contributed by atoms with Crippen LogP contribution in [0.3, 0.4) is 0 Å². The van der Waals surface area contributed by atoms with Gasteiger partial charge in [0.05, 0.1) is 31.1 Å². The van der Waals surface area contributed by atoms with E-state index in [1.54, 1.807) is 0 Å². The van der Waals surface area contributed by atoms with Gasteiger partial charge in [-0.2, -0.15) is 19.7 Å². The maximum atomic E-state index is 14.8. The Hall–Kier alpha value is -4.27. The number of halogens is 1. The molecule has 4 aliphatic rings. The Bertz CT molecular complexity index is 1960. The summed E-state index contributed by atoms with van der Waals surface area (Å²) in [7, 11) is 0. The van der Waals surface area contributed by atoms with Gasteiger partial charge in [0.25, 0.3) is 5.56 Å². The first-order chi connectivity index (χ1) is 21.7. The molecule has 4 fully saturated rings. The third-order valence-corrected chi connectivity index (χ3v) is 9.50. The molecule has 4 aliphatic heterocycles. The number of phenols is 1. The zero-order valence-corrected chi connectivity index (χ0v) is 23.5. The van der Waals surface area contributed by atoms with Gasteiger partial charge in [-0.15, -0.1) is 6.42 Å². The summed E-state index contributed by atoms with van der Waals surface area (Å²) < 4.78 is 40.2. The van der Waals surface area contributed by atoms with Crippen molar-refractivity contribution in [1.29, 1.82) is 0 Å². The van der Waals surface area contributed by atoms with Crippen molar-refractivity contribution in [2.45, 2.75) is 56.1 Å². The lowest BCUT2D eigenvalue weighted by molar-refractivity contribution is 0.108. The topological polar surface area (TPSA) is 109 Å². The number of piperazine rings is 1. The summed E-state index contributed by atoms with van der Waals surface area (Å²) in [5.74, 6) is 2.01. The molecule has 2 bridgehead atoms. The molecule has 220 valence electrons. The van der Waals surface area contributed by atoms with E-state index in [2.05, 4.69) is 31.1 Å². The smallest absolute Gasteiger partial charge is 0.319 e. The summed E-state index contributed by atoms with van der Waals surface area (Å²) in [5.41, 5.74) is -1.46. The minimum atomic E-state index is -2.11. The zero-order valence-electron chi connectivity index (χ0n) is 25.5. The normalized spacial score (nSPS) is 23.8. The van der Waals surface area contributed by atoms with E-state index in [1.807, 2.05) is 0 Å². The first-order valence-electron chi connectivity index (χ1n) is 15.8. The first-order valence-corrected chi connectivity index (χ1v) is 14.8. The highest BCUT2D eigenvalue weighted by atomic mass is 19.1. The van der Waals surface area contributed by atoms with Crippen LogP contribution in [0.5, 0.6) is 11.8 Å². The SMILES string of the molecule is [2H]C([2H])(Oc1nc(N2C[C@H]3CC[C@@H](C2)N3)c2cnn(-c3cc(O)cc4ccc(F)c(C#C)c34)c(=O)c2n1)C12CCCN1CCC2. The van der Waals surface area contributed by atoms with E-state index in [4.69, 9.17) is 18.9 Å². The Morgan fingerprint density at radius 3 is 2.70 bits per heavy atom. The second kappa shape index (κ2) is 9.89. The highest BCUT2D eigenvalue weighted by molar-refractivity contribution is 5.97. The Balaban J connectivity index is 1.32. The average molecular weight is 584 g/mol. The van der Waals surface area contributed by atoms with Gasteiger partial charge >= 0.3 is 6.01 Å². The molecule has 4 aromatic rings. The zero-order chi connectivity index (χ0) is 31.1. The number of anilines is 1. The van der Waals surface area contributed by atoms with Crippen LogP contribution in [0, 0.1) is 18.2 Å². The lowest BCUT2D eigenvalue weighted by Crippen LogP contribution is -2.51. The molecule has 2 aromatic heterocycles. The molecule has 2 atom stereocenters. The van der Waals surface area contributed by atoms with E-state index in [0.29, 0.717) is 42.5 Å². The predicted molar refractivity (Wildman–Crippen MR) is 160 cm³/mol. The van der Waals surface area contributed by atoms with Crippen molar-refractivity contribution < 1.29 is 17.0 Å². The van der Waals surface area contributed by atoms with Crippen molar-refractivity contribution in [3.05, 3.63) is 52.2 Å². The molecule has 0 amide bonds. The second-order valence-corrected chi connectivity index (χ2v) is 12.1. The van der Waals surface area contributed by atoms with Gasteiger partial charge in [0.15, 0.2) is 0 Å². The minimum absolute atomic E-state index is 0.0333. The first kappa shape index (κ1) is 24.2. The molecule has 11 heteroatoms. The molecule has 2 aromatic carbocycles. The monoisotopic (exact) mass is 583 g/mol. The van der Waals surface area contributed by atoms with Crippen LogP contribution >= 0.6 is 0 Å². The number of rotatable bonds is 5. The Morgan fingerprint density at radius 1 is 1.19 bits per heavy atom. The molecule has 10 nitrogen and oxygen atoms in total. The van der Waals surface area contributed by atoms with Gasteiger partial charge in [-0.25, -0.2) is 4.39 Å². The molecule has 0 radical (unpaired) electrons. The van der Waals surface area contributed by atoms with Gasteiger partial charge < -0.3 is 20.1 Å². The van der Waals surface area contributed by atoms with Gasteiger partial charge in [-0.05, 0) is 69.1 Å². The number of nitrogens with zero attached hydrogens (tertiary/aromatic N) is 6.